The van der Waals surface area contributed by atoms with Crippen LogP contribution in [-0.2, 0) is 6.42 Å². The van der Waals surface area contributed by atoms with Gasteiger partial charge in [0.2, 0.25) is 0 Å². The van der Waals surface area contributed by atoms with Gasteiger partial charge in [0.1, 0.15) is 17.3 Å². The molecule has 3 aromatic heterocycles. The lowest BCUT2D eigenvalue weighted by Gasteiger charge is -2.11. The zero-order valence-corrected chi connectivity index (χ0v) is 25.6. The van der Waals surface area contributed by atoms with E-state index in [-0.39, 0.29) is 0 Å². The van der Waals surface area contributed by atoms with Gasteiger partial charge in [-0.1, -0.05) is 62.4 Å². The largest absolute Gasteiger partial charge is 0.457 e. The Hall–Kier alpha value is -5.16. The van der Waals surface area contributed by atoms with E-state index in [4.69, 9.17) is 11.2 Å². The average molecular weight is 578 g/mol. The highest BCUT2D eigenvalue weighted by atomic mass is 16.5. The van der Waals surface area contributed by atoms with E-state index in [2.05, 4.69) is 97.9 Å². The molecule has 0 fully saturated rings. The van der Waals surface area contributed by atoms with E-state index in [1.165, 1.54) is 10.9 Å². The zero-order chi connectivity index (χ0) is 31.1. The maximum absolute atomic E-state index is 8.26. The van der Waals surface area contributed by atoms with Crippen LogP contribution in [0.5, 0.6) is 11.5 Å². The second-order valence-corrected chi connectivity index (χ2v) is 11.8. The number of rotatable bonds is 8. The predicted molar refractivity (Wildman–Crippen MR) is 180 cm³/mol. The summed E-state index contributed by atoms with van der Waals surface area (Å²) in [6, 6.07) is 35.3. The molecule has 0 aliphatic rings. The molecule has 7 rings (SSSR count). The summed E-state index contributed by atoms with van der Waals surface area (Å²) < 4.78 is 18.9. The number of benzene rings is 4. The smallest absolute Gasteiger partial charge is 0.137 e. The van der Waals surface area contributed by atoms with Crippen molar-refractivity contribution in [2.45, 2.75) is 40.5 Å². The quantitative estimate of drug-likeness (QED) is 0.181. The Morgan fingerprint density at radius 1 is 0.795 bits per heavy atom. The number of hydrogen-bond acceptors (Lipinski definition) is 3. The zero-order valence-electron chi connectivity index (χ0n) is 26.6. The number of nitrogens with zero attached hydrogens (tertiary/aromatic N) is 4. The normalized spacial score (nSPS) is 11.9. The molecule has 0 saturated carbocycles. The summed E-state index contributed by atoms with van der Waals surface area (Å²) in [5.41, 5.74) is 8.70. The van der Waals surface area contributed by atoms with Gasteiger partial charge in [-0.3, -0.25) is 4.57 Å². The van der Waals surface area contributed by atoms with Crippen LogP contribution in [0.2, 0.25) is 0 Å². The third kappa shape index (κ3) is 5.15. The Bertz CT molecular complexity index is 2160. The Morgan fingerprint density at radius 2 is 1.64 bits per heavy atom. The maximum atomic E-state index is 8.26. The van der Waals surface area contributed by atoms with Crippen LogP contribution in [0.15, 0.2) is 115 Å². The molecule has 0 aliphatic carbocycles. The van der Waals surface area contributed by atoms with Gasteiger partial charge in [-0.25, -0.2) is 9.67 Å². The molecule has 0 radical (unpaired) electrons. The molecule has 4 aromatic carbocycles. The van der Waals surface area contributed by atoms with E-state index < -0.39 is 0 Å². The van der Waals surface area contributed by atoms with Crippen molar-refractivity contribution in [1.29, 1.82) is 0 Å². The van der Waals surface area contributed by atoms with Gasteiger partial charge in [-0.2, -0.15) is 5.10 Å². The Balaban J connectivity index is 1.28. The molecule has 0 N–H and O–H groups in total. The fourth-order valence-electron chi connectivity index (χ4n) is 6.14. The number of aryl methyl sites for hydroxylation is 2. The van der Waals surface area contributed by atoms with Crippen LogP contribution in [0.1, 0.15) is 38.6 Å². The molecule has 5 nitrogen and oxygen atoms in total. The summed E-state index contributed by atoms with van der Waals surface area (Å²) in [7, 11) is 0. The van der Waals surface area contributed by atoms with Crippen LogP contribution >= 0.6 is 0 Å². The van der Waals surface area contributed by atoms with Gasteiger partial charge in [0.25, 0.3) is 0 Å². The summed E-state index contributed by atoms with van der Waals surface area (Å²) in [5, 5.41) is 7.19. The van der Waals surface area contributed by atoms with Gasteiger partial charge in [0.15, 0.2) is 0 Å². The van der Waals surface area contributed by atoms with E-state index >= 15 is 0 Å². The van der Waals surface area contributed by atoms with Crippen LogP contribution in [0.25, 0.3) is 44.4 Å². The highest BCUT2D eigenvalue weighted by Gasteiger charge is 2.17. The summed E-state index contributed by atoms with van der Waals surface area (Å²) in [5.74, 6) is 2.82. The SMILES string of the molecule is [2H]c1ccnc(-n2c3ccc(CCC(C)C)cc3c3ccc(Oc4cccc(-n5nc(C)c(-c6ccccc6)c5C)c4)cc32)c1. The summed E-state index contributed by atoms with van der Waals surface area (Å²) >= 11 is 0. The van der Waals surface area contributed by atoms with Gasteiger partial charge in [0, 0.05) is 40.4 Å². The fraction of sp³-hybridized carbons (Fsp3) is 0.179. The second-order valence-electron chi connectivity index (χ2n) is 11.8. The van der Waals surface area contributed by atoms with Crippen molar-refractivity contribution in [3.8, 4) is 34.1 Å². The fourth-order valence-corrected chi connectivity index (χ4v) is 6.14. The lowest BCUT2D eigenvalue weighted by Crippen LogP contribution is -1.99. The van der Waals surface area contributed by atoms with Crippen molar-refractivity contribution in [2.24, 2.45) is 5.92 Å². The molecule has 3 heterocycles. The lowest BCUT2D eigenvalue weighted by atomic mass is 10.0. The molecule has 0 saturated heterocycles. The first-order valence-corrected chi connectivity index (χ1v) is 15.3. The number of fused-ring (bicyclic) bond motifs is 3. The number of pyridine rings is 1. The maximum Gasteiger partial charge on any atom is 0.137 e. The minimum Gasteiger partial charge on any atom is -0.457 e. The molecular formula is C39H36N4O. The molecule has 0 bridgehead atoms. The molecule has 7 aromatic rings. The summed E-state index contributed by atoms with van der Waals surface area (Å²) in [6.45, 7) is 8.69. The molecule has 44 heavy (non-hydrogen) atoms. The minimum absolute atomic E-state index is 0.423. The van der Waals surface area contributed by atoms with Crippen LogP contribution in [0.3, 0.4) is 0 Å². The Morgan fingerprint density at radius 3 is 2.45 bits per heavy atom. The summed E-state index contributed by atoms with van der Waals surface area (Å²) in [4.78, 5) is 4.65. The van der Waals surface area contributed by atoms with Crippen molar-refractivity contribution >= 4 is 21.8 Å². The monoisotopic (exact) mass is 577 g/mol. The minimum atomic E-state index is 0.423. The van der Waals surface area contributed by atoms with Crippen molar-refractivity contribution < 1.29 is 6.11 Å². The standard InChI is InChI=1S/C39H36N4O/c1-26(2)16-17-29-18-21-36-35(23-29)34-20-19-33(25-37(34)42(36)38-15-8-9-22-40-38)44-32-14-10-13-31(24-32)43-28(4)39(27(3)41-43)30-11-6-5-7-12-30/h5-15,18-26H,16-17H2,1-4H3/i8D. The number of hydrogen-bond donors (Lipinski definition) is 0. The average Bonchev–Trinajstić information content (AvgIpc) is 3.52. The second kappa shape index (κ2) is 11.5. The van der Waals surface area contributed by atoms with Gasteiger partial charge in [0.05, 0.1) is 23.8 Å². The molecular weight excluding hydrogens is 540 g/mol. The number of aromatic nitrogens is 4. The molecule has 0 amide bonds. The third-order valence-electron chi connectivity index (χ3n) is 8.28. The van der Waals surface area contributed by atoms with Crippen molar-refractivity contribution in [3.63, 3.8) is 0 Å². The van der Waals surface area contributed by atoms with Crippen LogP contribution in [-0.4, -0.2) is 19.3 Å². The van der Waals surface area contributed by atoms with E-state index in [0.29, 0.717) is 12.0 Å². The van der Waals surface area contributed by atoms with Gasteiger partial charge >= 0.3 is 0 Å². The van der Waals surface area contributed by atoms with Crippen molar-refractivity contribution in [3.05, 3.63) is 132 Å². The van der Waals surface area contributed by atoms with Crippen LogP contribution in [0, 0.1) is 19.8 Å². The van der Waals surface area contributed by atoms with Crippen molar-refractivity contribution in [1.82, 2.24) is 19.3 Å². The first kappa shape index (κ1) is 26.5. The first-order chi connectivity index (χ1) is 21.9. The molecule has 0 unspecified atom stereocenters. The van der Waals surface area contributed by atoms with E-state index in [9.17, 15) is 0 Å². The lowest BCUT2D eigenvalue weighted by molar-refractivity contribution is 0.482. The van der Waals surface area contributed by atoms with Gasteiger partial charge in [-0.15, -0.1) is 0 Å². The first-order valence-electron chi connectivity index (χ1n) is 15.8. The number of ether oxygens (including phenoxy) is 1. The van der Waals surface area contributed by atoms with Crippen LogP contribution in [0.4, 0.5) is 0 Å². The molecule has 218 valence electrons. The third-order valence-corrected chi connectivity index (χ3v) is 8.28. The topological polar surface area (TPSA) is 44.9 Å². The van der Waals surface area contributed by atoms with Gasteiger partial charge < -0.3 is 4.74 Å². The van der Waals surface area contributed by atoms with Crippen LogP contribution < -0.4 is 4.74 Å². The van der Waals surface area contributed by atoms with E-state index in [0.717, 1.165) is 74.8 Å². The molecule has 0 atom stereocenters. The highest BCUT2D eigenvalue weighted by molar-refractivity contribution is 6.09. The molecule has 0 aliphatic heterocycles. The predicted octanol–water partition coefficient (Wildman–Crippen LogP) is 10.0. The molecule has 0 spiro atoms. The molecule has 5 heteroatoms. The Kier molecular flexibility index (Phi) is 6.91. The van der Waals surface area contributed by atoms with E-state index in [1.54, 1.807) is 18.3 Å². The van der Waals surface area contributed by atoms with Crippen molar-refractivity contribution in [2.75, 3.05) is 0 Å². The summed E-state index contributed by atoms with van der Waals surface area (Å²) in [6.07, 6.45) is 3.88. The Labute approximate surface area is 259 Å². The van der Waals surface area contributed by atoms with Gasteiger partial charge in [-0.05, 0) is 92.3 Å². The highest BCUT2D eigenvalue weighted by Crippen LogP contribution is 2.36. The van der Waals surface area contributed by atoms with E-state index in [1.807, 2.05) is 35.0 Å².